The van der Waals surface area contributed by atoms with E-state index in [9.17, 15) is 9.90 Å². The summed E-state index contributed by atoms with van der Waals surface area (Å²) in [5, 5.41) is 12.9. The molecule has 7 heteroatoms. The molecule has 6 nitrogen and oxygen atoms in total. The lowest BCUT2D eigenvalue weighted by Crippen LogP contribution is -2.37. The van der Waals surface area contributed by atoms with Gasteiger partial charge in [-0.1, -0.05) is 26.7 Å². The molecule has 0 unspecified atom stereocenters. The molecule has 0 saturated heterocycles. The van der Waals surface area contributed by atoms with E-state index in [2.05, 4.69) is 27.2 Å². The Bertz CT molecular complexity index is 630. The van der Waals surface area contributed by atoms with Gasteiger partial charge in [0.2, 0.25) is 0 Å². The zero-order chi connectivity index (χ0) is 16.7. The van der Waals surface area contributed by atoms with Crippen LogP contribution in [0.15, 0.2) is 18.5 Å². The first-order valence-corrected chi connectivity index (χ1v) is 8.70. The number of amides is 1. The second-order valence-corrected chi connectivity index (χ2v) is 6.22. The smallest absolute Gasteiger partial charge is 0.263 e. The Labute approximate surface area is 140 Å². The zero-order valence-corrected chi connectivity index (χ0v) is 14.3. The highest BCUT2D eigenvalue weighted by Gasteiger charge is 2.21. The summed E-state index contributed by atoms with van der Waals surface area (Å²) in [6.07, 6.45) is 6.74. The number of aliphatic hydroxyl groups is 1. The number of rotatable bonds is 8. The number of hydrogen-bond acceptors (Lipinski definition) is 6. The molecule has 2 N–H and O–H groups in total. The normalized spacial score (nSPS) is 12.1. The van der Waals surface area contributed by atoms with Crippen LogP contribution in [0.3, 0.4) is 0 Å². The van der Waals surface area contributed by atoms with Crippen LogP contribution in [0.25, 0.3) is 10.8 Å². The Morgan fingerprint density at radius 2 is 2.09 bits per heavy atom. The molecule has 2 aromatic rings. The fraction of sp³-hybridized carbons (Fsp3) is 0.500. The average molecular weight is 334 g/mol. The first-order chi connectivity index (χ1) is 11.2. The van der Waals surface area contributed by atoms with Crippen molar-refractivity contribution in [3.05, 3.63) is 29.0 Å². The quantitative estimate of drug-likeness (QED) is 0.774. The summed E-state index contributed by atoms with van der Waals surface area (Å²) in [6, 6.07) is 1.52. The van der Waals surface area contributed by atoms with Crippen LogP contribution in [0, 0.1) is 0 Å². The van der Waals surface area contributed by atoms with E-state index >= 15 is 0 Å². The fourth-order valence-electron chi connectivity index (χ4n) is 2.18. The molecule has 0 aliphatic heterocycles. The van der Waals surface area contributed by atoms with Crippen molar-refractivity contribution < 1.29 is 9.90 Å². The lowest BCUT2D eigenvalue weighted by molar-refractivity contribution is 0.0915. The number of nitrogens with zero attached hydrogens (tertiary/aromatic N) is 3. The number of thiazole rings is 1. The highest BCUT2D eigenvalue weighted by molar-refractivity contribution is 7.17. The van der Waals surface area contributed by atoms with Crippen LogP contribution in [-0.4, -0.2) is 38.6 Å². The molecular weight excluding hydrogens is 312 g/mol. The van der Waals surface area contributed by atoms with E-state index < -0.39 is 0 Å². The summed E-state index contributed by atoms with van der Waals surface area (Å²) in [5.41, 5.74) is 0.738. The maximum Gasteiger partial charge on any atom is 0.263 e. The lowest BCUT2D eigenvalue weighted by atomic mass is 10.1. The number of carbonyl (C=O) groups excluding carboxylic acids is 1. The maximum absolute atomic E-state index is 12.5. The summed E-state index contributed by atoms with van der Waals surface area (Å²) in [7, 11) is 0. The summed E-state index contributed by atoms with van der Waals surface area (Å²) < 4.78 is 0. The highest BCUT2D eigenvalue weighted by Crippen LogP contribution is 2.26. The van der Waals surface area contributed by atoms with Gasteiger partial charge >= 0.3 is 0 Å². The number of aromatic nitrogens is 3. The van der Waals surface area contributed by atoms with Gasteiger partial charge in [0.05, 0.1) is 18.3 Å². The minimum absolute atomic E-state index is 0.0549. The number of carbonyl (C=O) groups is 1. The van der Waals surface area contributed by atoms with Gasteiger partial charge in [0, 0.05) is 12.4 Å². The largest absolute Gasteiger partial charge is 0.394 e. The van der Waals surface area contributed by atoms with Gasteiger partial charge in [-0.2, -0.15) is 0 Å². The molecule has 0 saturated carbocycles. The number of unbranched alkanes of at least 4 members (excludes halogenated alkanes) is 1. The van der Waals surface area contributed by atoms with Crippen LogP contribution < -0.4 is 5.32 Å². The van der Waals surface area contributed by atoms with E-state index in [4.69, 9.17) is 0 Å². The molecule has 0 aliphatic carbocycles. The second kappa shape index (κ2) is 8.69. The van der Waals surface area contributed by atoms with Gasteiger partial charge in [0.15, 0.2) is 10.8 Å². The standard InChI is InChI=1S/C16H22N4O2S/c1-3-5-7-11(10-21)19-15(22)13-12(4-2)20-16(23-13)14-17-8-6-9-18-14/h6,8-9,11,21H,3-5,7,10H2,1-2H3,(H,19,22)/t11-/m1/s1. The van der Waals surface area contributed by atoms with Crippen molar-refractivity contribution >= 4 is 17.2 Å². The summed E-state index contributed by atoms with van der Waals surface area (Å²) >= 11 is 1.29. The van der Waals surface area contributed by atoms with Crippen molar-refractivity contribution in [2.45, 2.75) is 45.6 Å². The minimum Gasteiger partial charge on any atom is -0.394 e. The molecule has 2 heterocycles. The van der Waals surface area contributed by atoms with E-state index in [-0.39, 0.29) is 18.6 Å². The molecule has 0 aliphatic rings. The van der Waals surface area contributed by atoms with Gasteiger partial charge in [0.1, 0.15) is 4.88 Å². The van der Waals surface area contributed by atoms with Crippen molar-refractivity contribution in [3.8, 4) is 10.8 Å². The second-order valence-electron chi connectivity index (χ2n) is 5.22. The Morgan fingerprint density at radius 1 is 1.35 bits per heavy atom. The summed E-state index contributed by atoms with van der Waals surface area (Å²) in [4.78, 5) is 25.9. The molecule has 0 fully saturated rings. The van der Waals surface area contributed by atoms with Crippen molar-refractivity contribution in [1.82, 2.24) is 20.3 Å². The first-order valence-electron chi connectivity index (χ1n) is 7.88. The van der Waals surface area contributed by atoms with Crippen LogP contribution in [0.5, 0.6) is 0 Å². The molecule has 0 aromatic carbocycles. The van der Waals surface area contributed by atoms with Crippen LogP contribution in [-0.2, 0) is 6.42 Å². The molecule has 2 aromatic heterocycles. The molecule has 0 bridgehead atoms. The van der Waals surface area contributed by atoms with E-state index in [1.165, 1.54) is 11.3 Å². The molecule has 0 spiro atoms. The summed E-state index contributed by atoms with van der Waals surface area (Å²) in [6.45, 7) is 3.99. The fourth-order valence-corrected chi connectivity index (χ4v) is 3.19. The van der Waals surface area contributed by atoms with Crippen LogP contribution in [0.2, 0.25) is 0 Å². The Morgan fingerprint density at radius 3 is 2.70 bits per heavy atom. The zero-order valence-electron chi connectivity index (χ0n) is 13.5. The van der Waals surface area contributed by atoms with Gasteiger partial charge < -0.3 is 10.4 Å². The molecule has 2 rings (SSSR count). The van der Waals surface area contributed by atoms with Crippen LogP contribution >= 0.6 is 11.3 Å². The predicted molar refractivity (Wildman–Crippen MR) is 90.4 cm³/mol. The molecule has 1 amide bonds. The summed E-state index contributed by atoms with van der Waals surface area (Å²) in [5.74, 6) is 0.340. The topological polar surface area (TPSA) is 88.0 Å². The van der Waals surface area contributed by atoms with E-state index in [0.717, 1.165) is 25.0 Å². The number of aliphatic hydroxyl groups excluding tert-OH is 1. The number of aryl methyl sites for hydroxylation is 1. The SMILES string of the molecule is CCCC[C@H](CO)NC(=O)c1sc(-c2ncccn2)nc1CC. The van der Waals surface area contributed by atoms with Crippen LogP contribution in [0.4, 0.5) is 0 Å². The van der Waals surface area contributed by atoms with Crippen molar-refractivity contribution in [1.29, 1.82) is 0 Å². The third-order valence-electron chi connectivity index (χ3n) is 3.46. The monoisotopic (exact) mass is 334 g/mol. The molecule has 1 atom stereocenters. The molecule has 23 heavy (non-hydrogen) atoms. The van der Waals surface area contributed by atoms with Gasteiger partial charge in [-0.15, -0.1) is 11.3 Å². The molecule has 0 radical (unpaired) electrons. The Hall–Kier alpha value is -1.86. The van der Waals surface area contributed by atoms with Crippen LogP contribution in [0.1, 0.15) is 48.5 Å². The average Bonchev–Trinajstić information content (AvgIpc) is 3.03. The van der Waals surface area contributed by atoms with Gasteiger partial charge in [-0.25, -0.2) is 15.0 Å². The van der Waals surface area contributed by atoms with Gasteiger partial charge in [-0.3, -0.25) is 4.79 Å². The number of nitrogens with one attached hydrogen (secondary N) is 1. The third kappa shape index (κ3) is 4.56. The van der Waals surface area contributed by atoms with E-state index in [0.29, 0.717) is 22.1 Å². The first kappa shape index (κ1) is 17.5. The van der Waals surface area contributed by atoms with E-state index in [1.807, 2.05) is 6.92 Å². The Balaban J connectivity index is 2.18. The minimum atomic E-state index is -0.217. The lowest BCUT2D eigenvalue weighted by Gasteiger charge is -2.15. The van der Waals surface area contributed by atoms with Gasteiger partial charge in [-0.05, 0) is 18.9 Å². The highest BCUT2D eigenvalue weighted by atomic mass is 32.1. The number of hydrogen-bond donors (Lipinski definition) is 2. The molecular formula is C16H22N4O2S. The van der Waals surface area contributed by atoms with Crippen molar-refractivity contribution in [2.24, 2.45) is 0 Å². The third-order valence-corrected chi connectivity index (χ3v) is 4.55. The predicted octanol–water partition coefficient (Wildman–Crippen LogP) is 2.44. The van der Waals surface area contributed by atoms with Crippen molar-refractivity contribution in [3.63, 3.8) is 0 Å². The Kier molecular flexibility index (Phi) is 6.61. The van der Waals surface area contributed by atoms with Crippen molar-refractivity contribution in [2.75, 3.05) is 6.61 Å². The molecule has 124 valence electrons. The van der Waals surface area contributed by atoms with E-state index in [1.54, 1.807) is 18.5 Å². The van der Waals surface area contributed by atoms with Gasteiger partial charge in [0.25, 0.3) is 5.91 Å². The maximum atomic E-state index is 12.5.